The van der Waals surface area contributed by atoms with E-state index >= 15 is 0 Å². The van der Waals surface area contributed by atoms with Gasteiger partial charge in [-0.25, -0.2) is 9.78 Å². The van der Waals surface area contributed by atoms with Crippen LogP contribution in [0.3, 0.4) is 0 Å². The zero-order valence-electron chi connectivity index (χ0n) is 17.8. The molecule has 1 aliphatic rings. The Bertz CT molecular complexity index is 1050. The summed E-state index contributed by atoms with van der Waals surface area (Å²) in [7, 11) is 3.35. The summed E-state index contributed by atoms with van der Waals surface area (Å²) in [6.07, 6.45) is 6.78. The highest BCUT2D eigenvalue weighted by Gasteiger charge is 2.26. The van der Waals surface area contributed by atoms with Crippen molar-refractivity contribution < 1.29 is 18.7 Å². The lowest BCUT2D eigenvalue weighted by Gasteiger charge is -2.20. The van der Waals surface area contributed by atoms with Gasteiger partial charge in [0, 0.05) is 17.8 Å². The number of fused-ring (bicyclic) bond motifs is 1. The van der Waals surface area contributed by atoms with Gasteiger partial charge >= 0.3 is 5.97 Å². The van der Waals surface area contributed by atoms with Crippen molar-refractivity contribution in [2.75, 3.05) is 19.5 Å². The van der Waals surface area contributed by atoms with Crippen LogP contribution in [-0.2, 0) is 22.6 Å². The van der Waals surface area contributed by atoms with E-state index in [0.717, 1.165) is 42.5 Å². The van der Waals surface area contributed by atoms with Crippen LogP contribution in [0.25, 0.3) is 10.2 Å². The Kier molecular flexibility index (Phi) is 6.67. The third-order valence-corrected chi connectivity index (χ3v) is 6.73. The Morgan fingerprint density at radius 1 is 1.23 bits per heavy atom. The highest BCUT2D eigenvalue weighted by Crippen LogP contribution is 2.36. The third-order valence-electron chi connectivity index (χ3n) is 5.65. The van der Waals surface area contributed by atoms with E-state index in [4.69, 9.17) is 14.1 Å². The van der Waals surface area contributed by atoms with Crippen molar-refractivity contribution in [2.45, 2.75) is 45.2 Å². The molecule has 3 aromatic rings. The molecule has 164 valence electrons. The molecule has 1 aliphatic carbocycles. The second kappa shape index (κ2) is 9.62. The van der Waals surface area contributed by atoms with Crippen molar-refractivity contribution in [2.24, 2.45) is 5.92 Å². The number of rotatable bonds is 7. The second-order valence-corrected chi connectivity index (χ2v) is 9.03. The van der Waals surface area contributed by atoms with Crippen molar-refractivity contribution in [1.29, 1.82) is 0 Å². The van der Waals surface area contributed by atoms with Gasteiger partial charge in [-0.2, -0.15) is 0 Å². The molecule has 0 aromatic carbocycles. The average Bonchev–Trinajstić information content (AvgIpc) is 3.41. The number of ether oxygens (including phenoxy) is 1. The number of aromatic nitrogens is 1. The topological polar surface area (TPSA) is 84.7 Å². The monoisotopic (exact) mass is 441 g/mol. The smallest absolute Gasteiger partial charge is 0.350 e. The van der Waals surface area contributed by atoms with Gasteiger partial charge in [0.15, 0.2) is 0 Å². The van der Waals surface area contributed by atoms with Crippen molar-refractivity contribution >= 4 is 39.1 Å². The van der Waals surface area contributed by atoms with Crippen LogP contribution >= 0.6 is 11.3 Å². The normalized spacial score (nSPS) is 14.8. The molecule has 31 heavy (non-hydrogen) atoms. The predicted molar refractivity (Wildman–Crippen MR) is 120 cm³/mol. The Hall–Kier alpha value is -2.71. The molecule has 3 aromatic heterocycles. The fraction of sp³-hybridized carbons (Fsp3) is 0.435. The molecule has 1 fully saturated rings. The van der Waals surface area contributed by atoms with Gasteiger partial charge in [0.2, 0.25) is 5.91 Å². The number of carbonyl (C=O) groups is 2. The maximum Gasteiger partial charge on any atom is 0.350 e. The number of anilines is 1. The molecule has 0 atom stereocenters. The van der Waals surface area contributed by atoms with Crippen LogP contribution in [0.2, 0.25) is 0 Å². The van der Waals surface area contributed by atoms with Crippen LogP contribution in [-0.4, -0.2) is 35.9 Å². The number of thiophene rings is 1. The van der Waals surface area contributed by atoms with Crippen LogP contribution in [0.4, 0.5) is 5.69 Å². The quantitative estimate of drug-likeness (QED) is 0.529. The van der Waals surface area contributed by atoms with Crippen molar-refractivity contribution in [1.82, 2.24) is 9.88 Å². The minimum absolute atomic E-state index is 0.00307. The summed E-state index contributed by atoms with van der Waals surface area (Å²) in [5.41, 5.74) is 1.40. The molecular weight excluding hydrogens is 414 g/mol. The number of furan rings is 1. The van der Waals surface area contributed by atoms with Gasteiger partial charge < -0.3 is 14.5 Å². The van der Waals surface area contributed by atoms with Crippen molar-refractivity contribution in [3.05, 3.63) is 46.9 Å². The number of hydrogen-bond acceptors (Lipinski definition) is 7. The number of pyridine rings is 1. The number of hydrogen-bond donors (Lipinski definition) is 1. The molecule has 0 spiro atoms. The van der Waals surface area contributed by atoms with Gasteiger partial charge in [0.1, 0.15) is 15.5 Å². The van der Waals surface area contributed by atoms with Crippen molar-refractivity contribution in [3.8, 4) is 0 Å². The number of esters is 1. The Balaban J connectivity index is 1.57. The highest BCUT2D eigenvalue weighted by molar-refractivity contribution is 7.21. The summed E-state index contributed by atoms with van der Waals surface area (Å²) in [5, 5.41) is 3.79. The molecule has 0 aliphatic heterocycles. The minimum Gasteiger partial charge on any atom is -0.468 e. The number of nitrogens with one attached hydrogen (secondary N) is 1. The third kappa shape index (κ3) is 4.97. The highest BCUT2D eigenvalue weighted by atomic mass is 32.1. The number of nitrogens with zero attached hydrogens (tertiary/aromatic N) is 2. The summed E-state index contributed by atoms with van der Waals surface area (Å²) in [5.74, 6) is 0.405. The van der Waals surface area contributed by atoms with Gasteiger partial charge in [-0.1, -0.05) is 19.3 Å². The second-order valence-electron chi connectivity index (χ2n) is 8.03. The first-order chi connectivity index (χ1) is 15.0. The van der Waals surface area contributed by atoms with E-state index in [2.05, 4.69) is 10.2 Å². The summed E-state index contributed by atoms with van der Waals surface area (Å²) in [6.45, 7) is 1.30. The zero-order valence-corrected chi connectivity index (χ0v) is 18.7. The van der Waals surface area contributed by atoms with Gasteiger partial charge in [-0.15, -0.1) is 11.3 Å². The van der Waals surface area contributed by atoms with E-state index in [9.17, 15) is 9.59 Å². The van der Waals surface area contributed by atoms with Crippen LogP contribution in [0.5, 0.6) is 0 Å². The Labute approximate surface area is 185 Å². The van der Waals surface area contributed by atoms with Crippen LogP contribution < -0.4 is 5.32 Å². The molecule has 0 bridgehead atoms. The average molecular weight is 442 g/mol. The van der Waals surface area contributed by atoms with Crippen LogP contribution in [0.1, 0.15) is 53.2 Å². The van der Waals surface area contributed by atoms with E-state index in [1.54, 1.807) is 6.26 Å². The molecule has 0 saturated heterocycles. The van der Waals surface area contributed by atoms with E-state index in [1.807, 2.05) is 31.3 Å². The molecule has 7 nitrogen and oxygen atoms in total. The lowest BCUT2D eigenvalue weighted by Crippen LogP contribution is -2.25. The SMILES string of the molecule is COC(=O)c1sc2nc(CN(C)Cc3ccco3)ccc2c1NC(=O)C1CCCCC1. The number of amides is 1. The predicted octanol–water partition coefficient (Wildman–Crippen LogP) is 4.83. The first kappa shape index (κ1) is 21.5. The molecular formula is C23H27N3O4S. The fourth-order valence-corrected chi connectivity index (χ4v) is 5.12. The van der Waals surface area contributed by atoms with Crippen molar-refractivity contribution in [3.63, 3.8) is 0 Å². The molecule has 1 saturated carbocycles. The summed E-state index contributed by atoms with van der Waals surface area (Å²) >= 11 is 1.25. The van der Waals surface area contributed by atoms with Gasteiger partial charge in [0.25, 0.3) is 0 Å². The zero-order chi connectivity index (χ0) is 21.8. The largest absolute Gasteiger partial charge is 0.468 e. The van der Waals surface area contributed by atoms with E-state index < -0.39 is 5.97 Å². The summed E-state index contributed by atoms with van der Waals surface area (Å²) in [6, 6.07) is 7.68. The molecule has 8 heteroatoms. The molecule has 1 amide bonds. The molecule has 3 heterocycles. The van der Waals surface area contributed by atoms with Gasteiger partial charge in [0.05, 0.1) is 31.3 Å². The Morgan fingerprint density at radius 2 is 2.03 bits per heavy atom. The maximum atomic E-state index is 12.8. The lowest BCUT2D eigenvalue weighted by molar-refractivity contribution is -0.120. The standard InChI is InChI=1S/C23H27N3O4S/c1-26(14-17-9-6-12-30-17)13-16-10-11-18-19(20(23(28)29-2)31-22(18)24-16)25-21(27)15-7-4-3-5-8-15/h6,9-12,15H,3-5,7-8,13-14H2,1-2H3,(H,25,27). The fourth-order valence-electron chi connectivity index (χ4n) is 4.06. The van der Waals surface area contributed by atoms with Gasteiger partial charge in [-0.05, 0) is 44.2 Å². The maximum absolute atomic E-state index is 12.8. The van der Waals surface area contributed by atoms with Gasteiger partial charge in [-0.3, -0.25) is 9.69 Å². The summed E-state index contributed by atoms with van der Waals surface area (Å²) in [4.78, 5) is 33.2. The minimum atomic E-state index is -0.460. The Morgan fingerprint density at radius 3 is 2.74 bits per heavy atom. The summed E-state index contributed by atoms with van der Waals surface area (Å²) < 4.78 is 10.4. The first-order valence-electron chi connectivity index (χ1n) is 10.6. The van der Waals surface area contributed by atoms with Crippen LogP contribution in [0.15, 0.2) is 34.9 Å². The number of carbonyl (C=O) groups excluding carboxylic acids is 2. The molecule has 0 radical (unpaired) electrons. The molecule has 1 N–H and O–H groups in total. The van der Waals surface area contributed by atoms with E-state index in [1.165, 1.54) is 24.9 Å². The first-order valence-corrected chi connectivity index (χ1v) is 11.4. The van der Waals surface area contributed by atoms with E-state index in [-0.39, 0.29) is 11.8 Å². The molecule has 4 rings (SSSR count). The van der Waals surface area contributed by atoms with E-state index in [0.29, 0.717) is 28.5 Å². The van der Waals surface area contributed by atoms with Crippen LogP contribution in [0, 0.1) is 5.92 Å². The molecule has 0 unspecified atom stereocenters. The lowest BCUT2D eigenvalue weighted by atomic mass is 9.88. The number of methoxy groups -OCH3 is 1.